The molecular formula is C14H13NO2. The Balaban J connectivity index is 2.56. The van der Waals surface area contributed by atoms with Crippen LogP contribution in [-0.2, 0) is 6.42 Å². The fourth-order valence-electron chi connectivity index (χ4n) is 1.84. The Bertz CT molecular complexity index is 549. The number of nitro benzene ring substituents is 1. The normalized spacial score (nSPS) is 10.2. The maximum Gasteiger partial charge on any atom is 0.277 e. The van der Waals surface area contributed by atoms with E-state index in [0.717, 1.165) is 12.0 Å². The van der Waals surface area contributed by atoms with Crippen molar-refractivity contribution in [2.75, 3.05) is 0 Å². The average Bonchev–Trinajstić information content (AvgIpc) is 2.39. The Morgan fingerprint density at radius 1 is 1.12 bits per heavy atom. The van der Waals surface area contributed by atoms with Gasteiger partial charge in [-0.3, -0.25) is 10.1 Å². The summed E-state index contributed by atoms with van der Waals surface area (Å²) in [5.41, 5.74) is 2.91. The van der Waals surface area contributed by atoms with Gasteiger partial charge in [0, 0.05) is 6.07 Å². The third-order valence-corrected chi connectivity index (χ3v) is 2.75. The van der Waals surface area contributed by atoms with Crippen LogP contribution in [0.4, 0.5) is 5.69 Å². The molecule has 0 heterocycles. The summed E-state index contributed by atoms with van der Waals surface area (Å²) in [4.78, 5) is 10.6. The van der Waals surface area contributed by atoms with Crippen molar-refractivity contribution >= 4 is 5.69 Å². The first-order valence-electron chi connectivity index (χ1n) is 5.55. The molecule has 0 saturated heterocycles. The van der Waals surface area contributed by atoms with E-state index in [1.807, 2.05) is 30.3 Å². The molecule has 0 unspecified atom stereocenters. The lowest BCUT2D eigenvalue weighted by Gasteiger charge is -2.04. The van der Waals surface area contributed by atoms with Crippen molar-refractivity contribution in [3.63, 3.8) is 0 Å². The SMILES string of the molecule is CCc1cccc(-c2ccccc2[N+](=O)[O-])c1. The van der Waals surface area contributed by atoms with Gasteiger partial charge in [-0.15, -0.1) is 0 Å². The Morgan fingerprint density at radius 3 is 2.59 bits per heavy atom. The minimum absolute atomic E-state index is 0.153. The van der Waals surface area contributed by atoms with Gasteiger partial charge >= 0.3 is 0 Å². The molecule has 0 fully saturated rings. The molecule has 3 nitrogen and oxygen atoms in total. The lowest BCUT2D eigenvalue weighted by Crippen LogP contribution is -1.92. The van der Waals surface area contributed by atoms with Gasteiger partial charge < -0.3 is 0 Å². The number of rotatable bonds is 3. The molecule has 86 valence electrons. The van der Waals surface area contributed by atoms with Crippen LogP contribution in [0.25, 0.3) is 11.1 Å². The molecule has 0 aromatic heterocycles. The minimum Gasteiger partial charge on any atom is -0.258 e. The van der Waals surface area contributed by atoms with Crippen LogP contribution in [0.3, 0.4) is 0 Å². The van der Waals surface area contributed by atoms with E-state index in [1.54, 1.807) is 12.1 Å². The van der Waals surface area contributed by atoms with Crippen LogP contribution in [0.1, 0.15) is 12.5 Å². The van der Waals surface area contributed by atoms with Gasteiger partial charge in [-0.05, 0) is 23.6 Å². The summed E-state index contributed by atoms with van der Waals surface area (Å²) in [7, 11) is 0. The van der Waals surface area contributed by atoms with Crippen molar-refractivity contribution in [3.05, 3.63) is 64.2 Å². The lowest BCUT2D eigenvalue weighted by molar-refractivity contribution is -0.384. The summed E-state index contributed by atoms with van der Waals surface area (Å²) in [6.45, 7) is 2.07. The van der Waals surface area contributed by atoms with Crippen LogP contribution in [0.5, 0.6) is 0 Å². The van der Waals surface area contributed by atoms with Crippen LogP contribution in [0.2, 0.25) is 0 Å². The molecule has 0 bridgehead atoms. The Morgan fingerprint density at radius 2 is 1.88 bits per heavy atom. The predicted octanol–water partition coefficient (Wildman–Crippen LogP) is 3.82. The van der Waals surface area contributed by atoms with Crippen LogP contribution in [-0.4, -0.2) is 4.92 Å². The maximum atomic E-state index is 11.0. The van der Waals surface area contributed by atoms with E-state index in [4.69, 9.17) is 0 Å². The number of hydrogen-bond donors (Lipinski definition) is 0. The second-order valence-electron chi connectivity index (χ2n) is 3.83. The highest BCUT2D eigenvalue weighted by Crippen LogP contribution is 2.29. The summed E-state index contributed by atoms with van der Waals surface area (Å²) in [6, 6.07) is 14.7. The molecule has 2 aromatic carbocycles. The van der Waals surface area contributed by atoms with E-state index < -0.39 is 0 Å². The zero-order chi connectivity index (χ0) is 12.3. The molecule has 0 radical (unpaired) electrons. The molecule has 17 heavy (non-hydrogen) atoms. The predicted molar refractivity (Wildman–Crippen MR) is 67.9 cm³/mol. The van der Waals surface area contributed by atoms with E-state index in [9.17, 15) is 10.1 Å². The first-order valence-corrected chi connectivity index (χ1v) is 5.55. The van der Waals surface area contributed by atoms with Crippen LogP contribution in [0, 0.1) is 10.1 Å². The first kappa shape index (κ1) is 11.3. The van der Waals surface area contributed by atoms with Gasteiger partial charge in [-0.25, -0.2) is 0 Å². The van der Waals surface area contributed by atoms with Crippen LogP contribution < -0.4 is 0 Å². The number of benzene rings is 2. The minimum atomic E-state index is -0.339. The van der Waals surface area contributed by atoms with Gasteiger partial charge in [0.25, 0.3) is 5.69 Å². The molecule has 3 heteroatoms. The van der Waals surface area contributed by atoms with Crippen molar-refractivity contribution in [2.45, 2.75) is 13.3 Å². The van der Waals surface area contributed by atoms with Crippen molar-refractivity contribution in [1.29, 1.82) is 0 Å². The summed E-state index contributed by atoms with van der Waals surface area (Å²) in [5, 5.41) is 11.0. The van der Waals surface area contributed by atoms with Gasteiger partial charge in [0.05, 0.1) is 10.5 Å². The monoisotopic (exact) mass is 227 g/mol. The smallest absolute Gasteiger partial charge is 0.258 e. The second-order valence-corrected chi connectivity index (χ2v) is 3.83. The van der Waals surface area contributed by atoms with Gasteiger partial charge in [-0.2, -0.15) is 0 Å². The Kier molecular flexibility index (Phi) is 3.19. The fraction of sp³-hybridized carbons (Fsp3) is 0.143. The highest BCUT2D eigenvalue weighted by atomic mass is 16.6. The average molecular weight is 227 g/mol. The van der Waals surface area contributed by atoms with Crippen molar-refractivity contribution < 1.29 is 4.92 Å². The molecule has 0 N–H and O–H groups in total. The van der Waals surface area contributed by atoms with Gasteiger partial charge in [-0.1, -0.05) is 43.3 Å². The van der Waals surface area contributed by atoms with E-state index >= 15 is 0 Å². The topological polar surface area (TPSA) is 43.1 Å². The molecule has 0 saturated carbocycles. The van der Waals surface area contributed by atoms with E-state index in [2.05, 4.69) is 6.92 Å². The van der Waals surface area contributed by atoms with E-state index in [1.165, 1.54) is 11.6 Å². The molecule has 0 atom stereocenters. The largest absolute Gasteiger partial charge is 0.277 e. The maximum absolute atomic E-state index is 11.0. The second kappa shape index (κ2) is 4.78. The van der Waals surface area contributed by atoms with Crippen molar-refractivity contribution in [3.8, 4) is 11.1 Å². The fourth-order valence-corrected chi connectivity index (χ4v) is 1.84. The Labute approximate surface area is 99.9 Å². The molecule has 0 spiro atoms. The summed E-state index contributed by atoms with van der Waals surface area (Å²) < 4.78 is 0. The summed E-state index contributed by atoms with van der Waals surface area (Å²) in [5.74, 6) is 0. The van der Waals surface area contributed by atoms with Crippen LogP contribution >= 0.6 is 0 Å². The molecule has 0 aliphatic rings. The summed E-state index contributed by atoms with van der Waals surface area (Å²) in [6.07, 6.45) is 0.925. The molecule has 0 aliphatic carbocycles. The number of para-hydroxylation sites is 1. The zero-order valence-corrected chi connectivity index (χ0v) is 9.59. The highest BCUT2D eigenvalue weighted by molar-refractivity contribution is 5.73. The standard InChI is InChI=1S/C14H13NO2/c1-2-11-6-5-7-12(10-11)13-8-3-4-9-14(13)15(16)17/h3-10H,2H2,1H3. The lowest BCUT2D eigenvalue weighted by atomic mass is 10.0. The van der Waals surface area contributed by atoms with Crippen molar-refractivity contribution in [2.24, 2.45) is 0 Å². The van der Waals surface area contributed by atoms with E-state index in [-0.39, 0.29) is 10.6 Å². The number of aryl methyl sites for hydroxylation is 1. The van der Waals surface area contributed by atoms with Gasteiger partial charge in [0.2, 0.25) is 0 Å². The third-order valence-electron chi connectivity index (χ3n) is 2.75. The van der Waals surface area contributed by atoms with Gasteiger partial charge in [0.1, 0.15) is 0 Å². The molecular weight excluding hydrogens is 214 g/mol. The Hall–Kier alpha value is -2.16. The van der Waals surface area contributed by atoms with Crippen molar-refractivity contribution in [1.82, 2.24) is 0 Å². The third kappa shape index (κ3) is 2.33. The number of nitrogens with zero attached hydrogens (tertiary/aromatic N) is 1. The molecule has 2 rings (SSSR count). The molecule has 0 aliphatic heterocycles. The quantitative estimate of drug-likeness (QED) is 0.590. The molecule has 0 amide bonds. The zero-order valence-electron chi connectivity index (χ0n) is 9.59. The molecule has 2 aromatic rings. The summed E-state index contributed by atoms with van der Waals surface area (Å²) >= 11 is 0. The highest BCUT2D eigenvalue weighted by Gasteiger charge is 2.13. The van der Waals surface area contributed by atoms with Crippen LogP contribution in [0.15, 0.2) is 48.5 Å². The van der Waals surface area contributed by atoms with E-state index in [0.29, 0.717) is 5.56 Å². The first-order chi connectivity index (χ1) is 8.22. The number of hydrogen-bond acceptors (Lipinski definition) is 2. The number of nitro groups is 1. The van der Waals surface area contributed by atoms with Gasteiger partial charge in [0.15, 0.2) is 0 Å².